The lowest BCUT2D eigenvalue weighted by Gasteiger charge is -2.23. The summed E-state index contributed by atoms with van der Waals surface area (Å²) in [5, 5.41) is 9.15. The van der Waals surface area contributed by atoms with Gasteiger partial charge in [-0.15, -0.1) is 0 Å². The van der Waals surface area contributed by atoms with Gasteiger partial charge in [0.15, 0.2) is 18.2 Å². The molecule has 106 valence electrons. The Hall–Kier alpha value is -1.45. The Morgan fingerprint density at radius 1 is 1.25 bits per heavy atom. The van der Waals surface area contributed by atoms with E-state index in [0.29, 0.717) is 6.61 Å². The van der Waals surface area contributed by atoms with Crippen molar-refractivity contribution in [1.29, 1.82) is 5.26 Å². The molecule has 1 aromatic rings. The first-order valence-corrected chi connectivity index (χ1v) is 6.65. The number of nitriles is 1. The number of hydrogen-bond donors (Lipinski definition) is 0. The first kappa shape index (κ1) is 13.5. The van der Waals surface area contributed by atoms with Crippen LogP contribution in [0.25, 0.3) is 0 Å². The second kappa shape index (κ2) is 5.15. The van der Waals surface area contributed by atoms with E-state index in [9.17, 15) is 0 Å². The van der Waals surface area contributed by atoms with Crippen molar-refractivity contribution in [2.45, 2.75) is 50.8 Å². The highest BCUT2D eigenvalue weighted by Gasteiger charge is 2.55. The van der Waals surface area contributed by atoms with Gasteiger partial charge in [-0.1, -0.05) is 30.3 Å². The summed E-state index contributed by atoms with van der Waals surface area (Å²) in [6.45, 7) is 4.06. The van der Waals surface area contributed by atoms with E-state index in [1.165, 1.54) is 0 Å². The van der Waals surface area contributed by atoms with Crippen molar-refractivity contribution in [3.63, 3.8) is 0 Å². The highest BCUT2D eigenvalue weighted by Crippen LogP contribution is 2.38. The fourth-order valence-electron chi connectivity index (χ4n) is 2.53. The van der Waals surface area contributed by atoms with E-state index in [0.717, 1.165) is 5.56 Å². The minimum Gasteiger partial charge on any atom is -0.367 e. The van der Waals surface area contributed by atoms with Crippen LogP contribution in [-0.2, 0) is 25.6 Å². The van der Waals surface area contributed by atoms with E-state index in [1.54, 1.807) is 0 Å². The molecule has 0 saturated carbocycles. The molecule has 0 aliphatic carbocycles. The number of nitrogens with zero attached hydrogens (tertiary/aromatic N) is 1. The second-order valence-corrected chi connectivity index (χ2v) is 5.42. The lowest BCUT2D eigenvalue weighted by atomic mass is 10.1. The number of benzene rings is 1. The van der Waals surface area contributed by atoms with Crippen LogP contribution in [0.4, 0.5) is 0 Å². The van der Waals surface area contributed by atoms with Crippen molar-refractivity contribution in [3.05, 3.63) is 35.9 Å². The van der Waals surface area contributed by atoms with Crippen LogP contribution in [0, 0.1) is 11.3 Å². The summed E-state index contributed by atoms with van der Waals surface area (Å²) < 4.78 is 22.8. The van der Waals surface area contributed by atoms with Gasteiger partial charge in [-0.3, -0.25) is 0 Å². The lowest BCUT2D eigenvalue weighted by molar-refractivity contribution is -0.212. The highest BCUT2D eigenvalue weighted by atomic mass is 16.8. The minimum atomic E-state index is -0.704. The van der Waals surface area contributed by atoms with Crippen LogP contribution in [0.2, 0.25) is 0 Å². The zero-order valence-corrected chi connectivity index (χ0v) is 11.5. The molecule has 0 radical (unpaired) electrons. The van der Waals surface area contributed by atoms with E-state index < -0.39 is 24.3 Å². The van der Waals surface area contributed by atoms with Crippen LogP contribution in [0.1, 0.15) is 19.4 Å². The molecule has 5 heteroatoms. The van der Waals surface area contributed by atoms with E-state index in [2.05, 4.69) is 6.07 Å². The predicted octanol–water partition coefficient (Wildman–Crippen LogP) is 1.97. The van der Waals surface area contributed by atoms with Crippen molar-refractivity contribution >= 4 is 0 Å². The monoisotopic (exact) mass is 275 g/mol. The quantitative estimate of drug-likeness (QED) is 0.844. The SMILES string of the molecule is CC1(C)O[C@H]2O[C@@H](C#N)[C@@H](OCc3ccccc3)[C@H]2O1. The Bertz CT molecular complexity index is 510. The van der Waals surface area contributed by atoms with Gasteiger partial charge < -0.3 is 18.9 Å². The van der Waals surface area contributed by atoms with Gasteiger partial charge in [0.25, 0.3) is 0 Å². The van der Waals surface area contributed by atoms with E-state index >= 15 is 0 Å². The third-order valence-corrected chi connectivity index (χ3v) is 3.40. The van der Waals surface area contributed by atoms with Crippen molar-refractivity contribution in [1.82, 2.24) is 0 Å². The summed E-state index contributed by atoms with van der Waals surface area (Å²) in [5.41, 5.74) is 1.05. The zero-order chi connectivity index (χ0) is 14.2. The maximum Gasteiger partial charge on any atom is 0.191 e. The van der Waals surface area contributed by atoms with Crippen molar-refractivity contribution in [2.75, 3.05) is 0 Å². The van der Waals surface area contributed by atoms with E-state index in [-0.39, 0.29) is 6.10 Å². The molecule has 0 spiro atoms. The number of rotatable bonds is 3. The highest BCUT2D eigenvalue weighted by molar-refractivity contribution is 5.14. The molecule has 2 saturated heterocycles. The largest absolute Gasteiger partial charge is 0.367 e. The summed E-state index contributed by atoms with van der Waals surface area (Å²) >= 11 is 0. The van der Waals surface area contributed by atoms with Crippen LogP contribution < -0.4 is 0 Å². The Morgan fingerprint density at radius 3 is 2.70 bits per heavy atom. The maximum absolute atomic E-state index is 9.15. The number of fused-ring (bicyclic) bond motifs is 1. The molecule has 1 aromatic carbocycles. The van der Waals surface area contributed by atoms with Gasteiger partial charge in [-0.2, -0.15) is 5.26 Å². The smallest absolute Gasteiger partial charge is 0.191 e. The molecule has 2 heterocycles. The van der Waals surface area contributed by atoms with Crippen molar-refractivity contribution < 1.29 is 18.9 Å². The average Bonchev–Trinajstić information content (AvgIpc) is 2.89. The molecule has 0 aromatic heterocycles. The number of hydrogen-bond acceptors (Lipinski definition) is 5. The summed E-state index contributed by atoms with van der Waals surface area (Å²) in [4.78, 5) is 0. The van der Waals surface area contributed by atoms with Crippen molar-refractivity contribution in [2.24, 2.45) is 0 Å². The van der Waals surface area contributed by atoms with Crippen LogP contribution in [-0.4, -0.2) is 30.4 Å². The molecule has 2 aliphatic rings. The molecule has 4 atom stereocenters. The van der Waals surface area contributed by atoms with E-state index in [4.69, 9.17) is 24.2 Å². The summed E-state index contributed by atoms with van der Waals surface area (Å²) in [7, 11) is 0. The van der Waals surface area contributed by atoms with Crippen molar-refractivity contribution in [3.8, 4) is 6.07 Å². The molecule has 0 unspecified atom stereocenters. The molecule has 20 heavy (non-hydrogen) atoms. The van der Waals surface area contributed by atoms with Gasteiger partial charge in [0.05, 0.1) is 12.7 Å². The van der Waals surface area contributed by atoms with Gasteiger partial charge in [-0.05, 0) is 19.4 Å². The standard InChI is InChI=1S/C15H17NO4/c1-15(2)19-13-12(11(8-16)18-14(13)20-15)17-9-10-6-4-3-5-7-10/h3-7,11-14H,9H2,1-2H3/t11-,12+,13+,14+/m0/s1. The molecule has 0 amide bonds. The Balaban J connectivity index is 1.69. The molecule has 5 nitrogen and oxygen atoms in total. The molecule has 0 bridgehead atoms. The Morgan fingerprint density at radius 2 is 2.00 bits per heavy atom. The first-order valence-electron chi connectivity index (χ1n) is 6.65. The lowest BCUT2D eigenvalue weighted by Crippen LogP contribution is -2.36. The van der Waals surface area contributed by atoms with Crippen LogP contribution >= 0.6 is 0 Å². The third-order valence-electron chi connectivity index (χ3n) is 3.40. The average molecular weight is 275 g/mol. The van der Waals surface area contributed by atoms with Gasteiger partial charge in [0, 0.05) is 0 Å². The molecule has 2 fully saturated rings. The second-order valence-electron chi connectivity index (χ2n) is 5.42. The molecular formula is C15H17NO4. The number of ether oxygens (including phenoxy) is 4. The molecule has 3 rings (SSSR count). The summed E-state index contributed by atoms with van der Waals surface area (Å²) in [5.74, 6) is -0.704. The zero-order valence-electron chi connectivity index (χ0n) is 11.5. The Kier molecular flexibility index (Phi) is 3.48. The first-order chi connectivity index (χ1) is 9.59. The fourth-order valence-corrected chi connectivity index (χ4v) is 2.53. The summed E-state index contributed by atoms with van der Waals surface area (Å²) in [6, 6.07) is 11.9. The van der Waals surface area contributed by atoms with Crippen LogP contribution in [0.15, 0.2) is 30.3 Å². The van der Waals surface area contributed by atoms with Gasteiger partial charge in [-0.25, -0.2) is 0 Å². The molecular weight excluding hydrogens is 258 g/mol. The minimum absolute atomic E-state index is 0.363. The maximum atomic E-state index is 9.15. The molecule has 2 aliphatic heterocycles. The van der Waals surface area contributed by atoms with E-state index in [1.807, 2.05) is 44.2 Å². The molecule has 0 N–H and O–H groups in total. The van der Waals surface area contributed by atoms with Crippen LogP contribution in [0.5, 0.6) is 0 Å². The third kappa shape index (κ3) is 2.56. The van der Waals surface area contributed by atoms with Crippen LogP contribution in [0.3, 0.4) is 0 Å². The van der Waals surface area contributed by atoms with Gasteiger partial charge in [0.1, 0.15) is 12.2 Å². The Labute approximate surface area is 118 Å². The fraction of sp³-hybridized carbons (Fsp3) is 0.533. The summed E-state index contributed by atoms with van der Waals surface area (Å²) in [6.07, 6.45) is -1.99. The normalized spacial score (nSPS) is 34.6. The predicted molar refractivity (Wildman–Crippen MR) is 69.3 cm³/mol. The van der Waals surface area contributed by atoms with Gasteiger partial charge in [0.2, 0.25) is 0 Å². The topological polar surface area (TPSA) is 60.7 Å². The van der Waals surface area contributed by atoms with Gasteiger partial charge >= 0.3 is 0 Å².